The highest BCUT2D eigenvalue weighted by Crippen LogP contribution is 2.16. The van der Waals surface area contributed by atoms with Crippen LogP contribution in [0.25, 0.3) is 0 Å². The monoisotopic (exact) mass is 389 g/mol. The molecule has 1 amide bonds. The van der Waals surface area contributed by atoms with Crippen molar-refractivity contribution in [2.45, 2.75) is 6.04 Å². The Morgan fingerprint density at radius 3 is 2.62 bits per heavy atom. The van der Waals surface area contributed by atoms with E-state index in [4.69, 9.17) is 4.74 Å². The zero-order chi connectivity index (χ0) is 16.8. The third kappa shape index (κ3) is 4.63. The Morgan fingerprint density at radius 2 is 1.96 bits per heavy atom. The Labute approximate surface area is 150 Å². The number of carbonyl (C=O) groups excluding carboxylic acids is 1. The molecule has 126 valence electrons. The molecular formula is C18H20BrN3O2. The molecule has 0 spiro atoms. The minimum atomic E-state index is -0.162. The Kier molecular flexibility index (Phi) is 5.96. The molecular weight excluding hydrogens is 370 g/mol. The van der Waals surface area contributed by atoms with Crippen LogP contribution in [-0.2, 0) is 4.74 Å². The zero-order valence-electron chi connectivity index (χ0n) is 13.3. The minimum absolute atomic E-state index is 0.0813. The number of amides is 1. The maximum absolute atomic E-state index is 12.5. The van der Waals surface area contributed by atoms with Crippen LogP contribution in [-0.4, -0.2) is 48.6 Å². The lowest BCUT2D eigenvalue weighted by Gasteiger charge is -2.31. The number of benzene rings is 1. The molecule has 1 atom stereocenters. The molecule has 1 N–H and O–H groups in total. The first-order valence-electron chi connectivity index (χ1n) is 8.00. The van der Waals surface area contributed by atoms with Crippen LogP contribution < -0.4 is 5.32 Å². The third-order valence-electron chi connectivity index (χ3n) is 4.01. The van der Waals surface area contributed by atoms with Gasteiger partial charge in [-0.25, -0.2) is 4.98 Å². The molecule has 1 aliphatic rings. The highest BCUT2D eigenvalue weighted by atomic mass is 79.9. The van der Waals surface area contributed by atoms with Crippen LogP contribution in [0.1, 0.15) is 22.1 Å². The van der Waals surface area contributed by atoms with Gasteiger partial charge >= 0.3 is 0 Å². The molecule has 24 heavy (non-hydrogen) atoms. The Morgan fingerprint density at radius 1 is 1.21 bits per heavy atom. The molecule has 1 aromatic carbocycles. The van der Waals surface area contributed by atoms with Gasteiger partial charge in [0.05, 0.1) is 19.3 Å². The molecule has 1 saturated heterocycles. The van der Waals surface area contributed by atoms with Gasteiger partial charge in [0, 0.05) is 30.3 Å². The van der Waals surface area contributed by atoms with Crippen LogP contribution in [0, 0.1) is 0 Å². The predicted octanol–water partition coefficient (Wildman–Crippen LogP) is 2.65. The molecule has 1 fully saturated rings. The summed E-state index contributed by atoms with van der Waals surface area (Å²) in [6.45, 7) is 4.01. The second-order valence-electron chi connectivity index (χ2n) is 5.71. The fourth-order valence-corrected chi connectivity index (χ4v) is 2.94. The summed E-state index contributed by atoms with van der Waals surface area (Å²) in [5.41, 5.74) is 1.51. The summed E-state index contributed by atoms with van der Waals surface area (Å²) in [6.07, 6.45) is 1.63. The summed E-state index contributed by atoms with van der Waals surface area (Å²) in [5.74, 6) is -0.162. The van der Waals surface area contributed by atoms with Gasteiger partial charge < -0.3 is 10.1 Å². The van der Waals surface area contributed by atoms with Gasteiger partial charge in [0.15, 0.2) is 0 Å². The highest BCUT2D eigenvalue weighted by molar-refractivity contribution is 9.10. The van der Waals surface area contributed by atoms with E-state index in [9.17, 15) is 4.79 Å². The fourth-order valence-electron chi connectivity index (χ4n) is 2.70. The first-order valence-corrected chi connectivity index (χ1v) is 8.79. The van der Waals surface area contributed by atoms with E-state index in [1.807, 2.05) is 36.4 Å². The van der Waals surface area contributed by atoms with Gasteiger partial charge in [-0.05, 0) is 33.6 Å². The molecule has 0 radical (unpaired) electrons. The van der Waals surface area contributed by atoms with Crippen LogP contribution in [0.3, 0.4) is 0 Å². The fraction of sp³-hybridized carbons (Fsp3) is 0.333. The van der Waals surface area contributed by atoms with Gasteiger partial charge in [0.2, 0.25) is 0 Å². The van der Waals surface area contributed by atoms with Gasteiger partial charge in [-0.2, -0.15) is 0 Å². The van der Waals surface area contributed by atoms with Crippen molar-refractivity contribution in [3.63, 3.8) is 0 Å². The molecule has 1 aliphatic heterocycles. The number of hydrogen-bond acceptors (Lipinski definition) is 4. The molecule has 2 aromatic rings. The van der Waals surface area contributed by atoms with Gasteiger partial charge in [0.1, 0.15) is 5.69 Å². The molecule has 2 heterocycles. The van der Waals surface area contributed by atoms with E-state index in [1.54, 1.807) is 12.3 Å². The van der Waals surface area contributed by atoms with Crippen molar-refractivity contribution in [1.29, 1.82) is 0 Å². The zero-order valence-corrected chi connectivity index (χ0v) is 14.9. The van der Waals surface area contributed by atoms with Crippen molar-refractivity contribution in [3.05, 3.63) is 64.4 Å². The molecule has 3 rings (SSSR count). The average molecular weight is 390 g/mol. The van der Waals surface area contributed by atoms with Gasteiger partial charge in [-0.15, -0.1) is 0 Å². The molecule has 1 unspecified atom stereocenters. The van der Waals surface area contributed by atoms with Crippen molar-refractivity contribution in [2.75, 3.05) is 32.8 Å². The second kappa shape index (κ2) is 8.37. The molecule has 1 aromatic heterocycles. The van der Waals surface area contributed by atoms with E-state index < -0.39 is 0 Å². The normalized spacial score (nSPS) is 16.5. The Hall–Kier alpha value is -1.76. The van der Waals surface area contributed by atoms with Gasteiger partial charge in [0.25, 0.3) is 5.91 Å². The third-order valence-corrected chi connectivity index (χ3v) is 4.48. The number of nitrogens with zero attached hydrogens (tertiary/aromatic N) is 2. The summed E-state index contributed by atoms with van der Waals surface area (Å²) in [4.78, 5) is 19.0. The predicted molar refractivity (Wildman–Crippen MR) is 95.8 cm³/mol. The lowest BCUT2D eigenvalue weighted by atomic mass is 10.1. The lowest BCUT2D eigenvalue weighted by Crippen LogP contribution is -2.43. The van der Waals surface area contributed by atoms with E-state index in [0.717, 1.165) is 42.9 Å². The Bertz CT molecular complexity index is 658. The summed E-state index contributed by atoms with van der Waals surface area (Å²) in [5, 5.41) is 3.12. The van der Waals surface area contributed by atoms with Crippen molar-refractivity contribution in [2.24, 2.45) is 0 Å². The van der Waals surface area contributed by atoms with E-state index >= 15 is 0 Å². The highest BCUT2D eigenvalue weighted by Gasteiger charge is 2.21. The number of pyridine rings is 1. The smallest absolute Gasteiger partial charge is 0.270 e. The molecule has 6 heteroatoms. The SMILES string of the molecule is O=C(NC(CN1CCOCC1)c1ccccc1)c1ccc(Br)cn1. The van der Waals surface area contributed by atoms with Crippen molar-refractivity contribution in [3.8, 4) is 0 Å². The number of ether oxygens (including phenoxy) is 1. The summed E-state index contributed by atoms with van der Waals surface area (Å²) >= 11 is 3.34. The number of morpholine rings is 1. The number of aromatic nitrogens is 1. The standard InChI is InChI=1S/C18H20BrN3O2/c19-15-6-7-16(20-12-15)18(23)21-17(14-4-2-1-3-5-14)13-22-8-10-24-11-9-22/h1-7,12,17H,8-11,13H2,(H,21,23). The first-order chi connectivity index (χ1) is 11.7. The maximum atomic E-state index is 12.5. The van der Waals surface area contributed by atoms with E-state index in [0.29, 0.717) is 5.69 Å². The van der Waals surface area contributed by atoms with Crippen LogP contribution in [0.4, 0.5) is 0 Å². The molecule has 0 aliphatic carbocycles. The molecule has 0 bridgehead atoms. The largest absolute Gasteiger partial charge is 0.379 e. The first kappa shape index (κ1) is 17.1. The van der Waals surface area contributed by atoms with Gasteiger partial charge in [-0.3, -0.25) is 9.69 Å². The maximum Gasteiger partial charge on any atom is 0.270 e. The number of halogens is 1. The van der Waals surface area contributed by atoms with Crippen LogP contribution in [0.15, 0.2) is 53.1 Å². The minimum Gasteiger partial charge on any atom is -0.379 e. The van der Waals surface area contributed by atoms with Crippen molar-refractivity contribution < 1.29 is 9.53 Å². The van der Waals surface area contributed by atoms with Crippen molar-refractivity contribution in [1.82, 2.24) is 15.2 Å². The van der Waals surface area contributed by atoms with Crippen LogP contribution in [0.5, 0.6) is 0 Å². The summed E-state index contributed by atoms with van der Waals surface area (Å²) in [7, 11) is 0. The number of hydrogen-bond donors (Lipinski definition) is 1. The summed E-state index contributed by atoms with van der Waals surface area (Å²) < 4.78 is 6.26. The van der Waals surface area contributed by atoms with Crippen molar-refractivity contribution >= 4 is 21.8 Å². The second-order valence-corrected chi connectivity index (χ2v) is 6.63. The number of carbonyl (C=O) groups is 1. The van der Waals surface area contributed by atoms with Crippen LogP contribution in [0.2, 0.25) is 0 Å². The lowest BCUT2D eigenvalue weighted by molar-refractivity contribution is 0.0332. The van der Waals surface area contributed by atoms with E-state index in [-0.39, 0.29) is 11.9 Å². The van der Waals surface area contributed by atoms with Gasteiger partial charge in [-0.1, -0.05) is 30.3 Å². The number of rotatable bonds is 5. The van der Waals surface area contributed by atoms with E-state index in [2.05, 4.69) is 31.1 Å². The average Bonchev–Trinajstić information content (AvgIpc) is 2.63. The molecule has 5 nitrogen and oxygen atoms in total. The summed E-state index contributed by atoms with van der Waals surface area (Å²) in [6, 6.07) is 13.5. The molecule has 0 saturated carbocycles. The van der Waals surface area contributed by atoms with E-state index in [1.165, 1.54) is 0 Å². The Balaban J connectivity index is 1.73. The topological polar surface area (TPSA) is 54.5 Å². The quantitative estimate of drug-likeness (QED) is 0.853. The number of nitrogens with one attached hydrogen (secondary N) is 1. The van der Waals surface area contributed by atoms with Crippen LogP contribution >= 0.6 is 15.9 Å².